The maximum absolute atomic E-state index is 4.05. The van der Waals surface area contributed by atoms with Gasteiger partial charge in [0.1, 0.15) is 0 Å². The van der Waals surface area contributed by atoms with Crippen molar-refractivity contribution in [3.8, 4) is 0 Å². The van der Waals surface area contributed by atoms with Crippen LogP contribution in [0.3, 0.4) is 0 Å². The van der Waals surface area contributed by atoms with Gasteiger partial charge in [0.05, 0.1) is 0 Å². The van der Waals surface area contributed by atoms with Crippen LogP contribution in [0.2, 0.25) is 0 Å². The SMILES string of the molecule is [CH2-]CC([CH2-])CN1CC(CCC)C1.[CH3-].[Nd+3]. The van der Waals surface area contributed by atoms with Gasteiger partial charge in [0, 0.05) is 13.1 Å². The van der Waals surface area contributed by atoms with Crippen LogP contribution in [0, 0.1) is 73.9 Å². The summed E-state index contributed by atoms with van der Waals surface area (Å²) in [4.78, 5) is 2.50. The molecule has 1 rings (SSSR count). The number of nitrogens with zero attached hydrogens (tertiary/aromatic N) is 1. The normalized spacial score (nSPS) is 19.1. The minimum absolute atomic E-state index is 0. The van der Waals surface area contributed by atoms with Gasteiger partial charge in [-0.25, -0.2) is 6.42 Å². The Morgan fingerprint density at radius 3 is 2.43 bits per heavy atom. The van der Waals surface area contributed by atoms with Crippen molar-refractivity contribution in [3.63, 3.8) is 0 Å². The van der Waals surface area contributed by atoms with E-state index in [1.54, 1.807) is 0 Å². The Bertz CT molecular complexity index is 121. The molecule has 0 aromatic rings. The molecule has 1 nitrogen and oxygen atoms in total. The van der Waals surface area contributed by atoms with E-state index in [-0.39, 0.29) is 48.3 Å². The van der Waals surface area contributed by atoms with E-state index in [0.29, 0.717) is 5.92 Å². The molecule has 0 N–H and O–H groups in total. The fourth-order valence-electron chi connectivity index (χ4n) is 1.87. The summed E-state index contributed by atoms with van der Waals surface area (Å²) in [5.74, 6) is 1.51. The van der Waals surface area contributed by atoms with E-state index < -0.39 is 0 Å². The summed E-state index contributed by atoms with van der Waals surface area (Å²) in [5.41, 5.74) is 0. The van der Waals surface area contributed by atoms with Crippen LogP contribution >= 0.6 is 0 Å². The zero-order chi connectivity index (χ0) is 8.97. The third kappa shape index (κ3) is 6.02. The predicted octanol–water partition coefficient (Wildman–Crippen LogP) is 2.84. The standard InChI is InChI=1S/C11H21N.CH3.Nd/c1-4-6-11-8-12(9-11)7-10(3)5-2;;/h10-11H,2-9H2,1H3;1H3;/q-2;-1;+3. The molecule has 0 bridgehead atoms. The molecule has 0 spiro atoms. The molecule has 1 aliphatic rings. The minimum Gasteiger partial charge on any atom is -0.358 e. The Kier molecular flexibility index (Phi) is 12.0. The molecule has 0 aromatic heterocycles. The molecule has 2 heteroatoms. The molecule has 1 fully saturated rings. The van der Waals surface area contributed by atoms with E-state index in [9.17, 15) is 0 Å². The Balaban J connectivity index is 0. The van der Waals surface area contributed by atoms with Gasteiger partial charge in [-0.2, -0.15) is 5.92 Å². The Hall–Kier alpha value is 1.31. The molecular weight excluding hydrogens is 302 g/mol. The van der Waals surface area contributed by atoms with Crippen LogP contribution in [0.15, 0.2) is 0 Å². The maximum Gasteiger partial charge on any atom is 3.00 e. The zero-order valence-electron chi connectivity index (χ0n) is 9.76. The molecule has 1 radical (unpaired) electrons. The summed E-state index contributed by atoms with van der Waals surface area (Å²) in [6.45, 7) is 13.9. The van der Waals surface area contributed by atoms with Crippen LogP contribution in [0.25, 0.3) is 0 Å². The van der Waals surface area contributed by atoms with E-state index in [1.807, 2.05) is 0 Å². The van der Waals surface area contributed by atoms with Crippen molar-refractivity contribution < 1.29 is 40.8 Å². The van der Waals surface area contributed by atoms with Crippen molar-refractivity contribution in [2.75, 3.05) is 19.6 Å². The van der Waals surface area contributed by atoms with Crippen LogP contribution < -0.4 is 0 Å². The summed E-state index contributed by atoms with van der Waals surface area (Å²) >= 11 is 0. The third-order valence-corrected chi connectivity index (χ3v) is 2.65. The Morgan fingerprint density at radius 2 is 2.00 bits per heavy atom. The monoisotopic (exact) mass is 324 g/mol. The van der Waals surface area contributed by atoms with E-state index in [2.05, 4.69) is 25.7 Å². The molecular formula is C12H24NNd. The number of hydrogen-bond acceptors (Lipinski definition) is 1. The Labute approximate surface area is 124 Å². The van der Waals surface area contributed by atoms with Crippen molar-refractivity contribution in [1.82, 2.24) is 4.90 Å². The fraction of sp³-hybridized carbons (Fsp3) is 0.750. The quantitative estimate of drug-likeness (QED) is 0.702. The predicted molar refractivity (Wildman–Crippen MR) is 60.1 cm³/mol. The minimum atomic E-state index is 0. The van der Waals surface area contributed by atoms with Gasteiger partial charge >= 0.3 is 40.8 Å². The van der Waals surface area contributed by atoms with Crippen molar-refractivity contribution in [2.24, 2.45) is 11.8 Å². The van der Waals surface area contributed by atoms with E-state index in [1.165, 1.54) is 25.9 Å². The van der Waals surface area contributed by atoms with Crippen LogP contribution in [-0.2, 0) is 0 Å². The van der Waals surface area contributed by atoms with Gasteiger partial charge in [-0.3, -0.25) is 0 Å². The van der Waals surface area contributed by atoms with Gasteiger partial charge in [0.2, 0.25) is 0 Å². The number of likely N-dealkylation sites (tertiary alicyclic amines) is 1. The molecule has 1 unspecified atom stereocenters. The Morgan fingerprint density at radius 1 is 1.43 bits per heavy atom. The molecule has 1 heterocycles. The summed E-state index contributed by atoms with van der Waals surface area (Å²) in [5, 5.41) is 0. The van der Waals surface area contributed by atoms with E-state index in [4.69, 9.17) is 0 Å². The molecule has 0 saturated carbocycles. The van der Waals surface area contributed by atoms with Gasteiger partial charge in [-0.15, -0.1) is 0 Å². The molecule has 0 aromatic carbocycles. The first-order valence-electron chi connectivity index (χ1n) is 5.11. The number of rotatable bonds is 5. The molecule has 1 saturated heterocycles. The average molecular weight is 327 g/mol. The van der Waals surface area contributed by atoms with Crippen LogP contribution in [0.4, 0.5) is 0 Å². The topological polar surface area (TPSA) is 3.24 Å². The van der Waals surface area contributed by atoms with Gasteiger partial charge < -0.3 is 26.2 Å². The van der Waals surface area contributed by atoms with Crippen LogP contribution in [0.5, 0.6) is 0 Å². The first-order valence-corrected chi connectivity index (χ1v) is 5.11. The summed E-state index contributed by atoms with van der Waals surface area (Å²) in [6, 6.07) is 0. The summed E-state index contributed by atoms with van der Waals surface area (Å²) in [7, 11) is 0. The molecule has 81 valence electrons. The van der Waals surface area contributed by atoms with Crippen molar-refractivity contribution in [1.29, 1.82) is 0 Å². The fourth-order valence-corrected chi connectivity index (χ4v) is 1.87. The van der Waals surface area contributed by atoms with Gasteiger partial charge in [0.25, 0.3) is 0 Å². The van der Waals surface area contributed by atoms with E-state index >= 15 is 0 Å². The second-order valence-electron chi connectivity index (χ2n) is 4.03. The molecule has 0 aliphatic carbocycles. The molecule has 1 atom stereocenters. The molecule has 0 amide bonds. The second kappa shape index (κ2) is 9.53. The van der Waals surface area contributed by atoms with Crippen molar-refractivity contribution >= 4 is 0 Å². The van der Waals surface area contributed by atoms with Crippen molar-refractivity contribution in [2.45, 2.75) is 26.2 Å². The smallest absolute Gasteiger partial charge is 0.358 e. The third-order valence-electron chi connectivity index (χ3n) is 2.65. The molecule has 1 aliphatic heterocycles. The van der Waals surface area contributed by atoms with Gasteiger partial charge in [-0.1, -0.05) is 13.3 Å². The maximum atomic E-state index is 4.05. The van der Waals surface area contributed by atoms with Crippen LogP contribution in [-0.4, -0.2) is 24.5 Å². The average Bonchev–Trinajstić information content (AvgIpc) is 2.00. The summed E-state index contributed by atoms with van der Waals surface area (Å²) in [6.07, 6.45) is 3.71. The second-order valence-corrected chi connectivity index (χ2v) is 4.03. The first-order chi connectivity index (χ1) is 5.76. The van der Waals surface area contributed by atoms with Gasteiger partial charge in [-0.05, 0) is 18.9 Å². The summed E-state index contributed by atoms with van der Waals surface area (Å²) < 4.78 is 0. The van der Waals surface area contributed by atoms with Gasteiger partial charge in [0.15, 0.2) is 0 Å². The number of hydrogen-bond donors (Lipinski definition) is 0. The van der Waals surface area contributed by atoms with E-state index in [0.717, 1.165) is 18.9 Å². The largest absolute Gasteiger partial charge is 3.00 e. The first kappa shape index (κ1) is 17.7. The zero-order valence-corrected chi connectivity index (χ0v) is 13.0. The molecule has 14 heavy (non-hydrogen) atoms. The van der Waals surface area contributed by atoms with Crippen molar-refractivity contribution in [3.05, 3.63) is 21.3 Å². The van der Waals surface area contributed by atoms with Crippen LogP contribution in [0.1, 0.15) is 26.2 Å².